The van der Waals surface area contributed by atoms with Gasteiger partial charge in [0.15, 0.2) is 0 Å². The van der Waals surface area contributed by atoms with Crippen molar-refractivity contribution in [3.8, 4) is 5.75 Å². The van der Waals surface area contributed by atoms with Crippen LogP contribution in [0.15, 0.2) is 54.6 Å². The number of nitrogens with one attached hydrogen (secondary N) is 1. The second kappa shape index (κ2) is 8.57. The van der Waals surface area contributed by atoms with Crippen LogP contribution in [-0.2, 0) is 27.3 Å². The second-order valence-electron chi connectivity index (χ2n) is 5.15. The standard InChI is InChI=1S/C18H19NO5/c1-23-17(21)16(11-13-7-9-15(20)10-8-13)19-18(22)24-12-14-5-3-2-4-6-14/h2-10,16,20H,11-12H2,1H3,(H,19,22)/t16-/m0/s1. The molecule has 0 saturated carbocycles. The normalized spacial score (nSPS) is 11.4. The summed E-state index contributed by atoms with van der Waals surface area (Å²) in [5, 5.41) is 11.8. The number of rotatable bonds is 6. The van der Waals surface area contributed by atoms with Gasteiger partial charge in [0.25, 0.3) is 0 Å². The van der Waals surface area contributed by atoms with E-state index in [1.54, 1.807) is 12.1 Å². The summed E-state index contributed by atoms with van der Waals surface area (Å²) in [4.78, 5) is 23.8. The highest BCUT2D eigenvalue weighted by Crippen LogP contribution is 2.12. The Labute approximate surface area is 140 Å². The summed E-state index contributed by atoms with van der Waals surface area (Å²) in [5.41, 5.74) is 1.62. The smallest absolute Gasteiger partial charge is 0.408 e. The molecule has 2 aromatic carbocycles. The zero-order chi connectivity index (χ0) is 17.4. The number of carbonyl (C=O) groups is 2. The van der Waals surface area contributed by atoms with E-state index in [0.717, 1.165) is 11.1 Å². The van der Waals surface area contributed by atoms with Gasteiger partial charge in [0.2, 0.25) is 0 Å². The fourth-order valence-electron chi connectivity index (χ4n) is 2.11. The Morgan fingerprint density at radius 1 is 1.04 bits per heavy atom. The van der Waals surface area contributed by atoms with E-state index in [1.165, 1.54) is 19.2 Å². The van der Waals surface area contributed by atoms with Crippen molar-refractivity contribution in [2.75, 3.05) is 7.11 Å². The molecule has 2 N–H and O–H groups in total. The molecular formula is C18H19NO5. The maximum Gasteiger partial charge on any atom is 0.408 e. The molecule has 1 atom stereocenters. The summed E-state index contributed by atoms with van der Waals surface area (Å²) < 4.78 is 9.83. The molecule has 0 saturated heterocycles. The summed E-state index contributed by atoms with van der Waals surface area (Å²) in [7, 11) is 1.25. The van der Waals surface area contributed by atoms with Crippen LogP contribution in [0, 0.1) is 0 Å². The van der Waals surface area contributed by atoms with E-state index in [9.17, 15) is 14.7 Å². The minimum atomic E-state index is -0.872. The van der Waals surface area contributed by atoms with Crippen LogP contribution in [0.2, 0.25) is 0 Å². The van der Waals surface area contributed by atoms with Gasteiger partial charge in [0.1, 0.15) is 18.4 Å². The van der Waals surface area contributed by atoms with Crippen molar-refractivity contribution >= 4 is 12.1 Å². The molecule has 24 heavy (non-hydrogen) atoms. The van der Waals surface area contributed by atoms with Crippen molar-refractivity contribution in [3.05, 3.63) is 65.7 Å². The van der Waals surface area contributed by atoms with Crippen LogP contribution in [0.1, 0.15) is 11.1 Å². The Hall–Kier alpha value is -3.02. The number of carbonyl (C=O) groups excluding carboxylic acids is 2. The number of hydrogen-bond acceptors (Lipinski definition) is 5. The number of amides is 1. The molecule has 6 nitrogen and oxygen atoms in total. The molecule has 0 spiro atoms. The molecule has 0 aromatic heterocycles. The molecule has 2 aromatic rings. The van der Waals surface area contributed by atoms with E-state index < -0.39 is 18.1 Å². The van der Waals surface area contributed by atoms with E-state index in [0.29, 0.717) is 0 Å². The van der Waals surface area contributed by atoms with Gasteiger partial charge in [-0.3, -0.25) is 0 Å². The topological polar surface area (TPSA) is 84.9 Å². The number of aromatic hydroxyl groups is 1. The Balaban J connectivity index is 1.93. The first-order valence-electron chi connectivity index (χ1n) is 7.41. The third-order valence-electron chi connectivity index (χ3n) is 3.37. The Morgan fingerprint density at radius 2 is 1.71 bits per heavy atom. The van der Waals surface area contributed by atoms with E-state index in [4.69, 9.17) is 9.47 Å². The summed E-state index contributed by atoms with van der Waals surface area (Å²) in [6.07, 6.45) is -0.471. The minimum absolute atomic E-state index is 0.111. The lowest BCUT2D eigenvalue weighted by atomic mass is 10.1. The average molecular weight is 329 g/mol. The molecular weight excluding hydrogens is 310 g/mol. The van der Waals surface area contributed by atoms with Crippen LogP contribution in [0.4, 0.5) is 4.79 Å². The zero-order valence-corrected chi connectivity index (χ0v) is 13.3. The lowest BCUT2D eigenvalue weighted by molar-refractivity contribution is -0.143. The summed E-state index contributed by atoms with van der Waals surface area (Å²) in [5.74, 6) is -0.441. The van der Waals surface area contributed by atoms with Crippen molar-refractivity contribution in [1.29, 1.82) is 0 Å². The van der Waals surface area contributed by atoms with Crippen molar-refractivity contribution in [2.45, 2.75) is 19.1 Å². The van der Waals surface area contributed by atoms with Gasteiger partial charge in [-0.2, -0.15) is 0 Å². The number of ether oxygens (including phenoxy) is 2. The fraction of sp³-hybridized carbons (Fsp3) is 0.222. The third kappa shape index (κ3) is 5.31. The highest BCUT2D eigenvalue weighted by molar-refractivity contribution is 5.81. The molecule has 0 aliphatic carbocycles. The van der Waals surface area contributed by atoms with Gasteiger partial charge in [-0.25, -0.2) is 9.59 Å². The third-order valence-corrected chi connectivity index (χ3v) is 3.37. The predicted octanol–water partition coefficient (Wildman–Crippen LogP) is 2.40. The highest BCUT2D eigenvalue weighted by atomic mass is 16.6. The van der Waals surface area contributed by atoms with Crippen LogP contribution in [0.5, 0.6) is 5.75 Å². The van der Waals surface area contributed by atoms with Crippen molar-refractivity contribution in [1.82, 2.24) is 5.32 Å². The molecule has 6 heteroatoms. The number of phenolic OH excluding ortho intramolecular Hbond substituents is 1. The van der Waals surface area contributed by atoms with Crippen LogP contribution >= 0.6 is 0 Å². The number of phenols is 1. The lowest BCUT2D eigenvalue weighted by Gasteiger charge is -2.16. The number of alkyl carbamates (subject to hydrolysis) is 1. The second-order valence-corrected chi connectivity index (χ2v) is 5.15. The van der Waals surface area contributed by atoms with Gasteiger partial charge in [-0.05, 0) is 23.3 Å². The summed E-state index contributed by atoms with van der Waals surface area (Å²) in [6.45, 7) is 0.111. The SMILES string of the molecule is COC(=O)[C@H](Cc1ccc(O)cc1)NC(=O)OCc1ccccc1. The molecule has 0 fully saturated rings. The number of benzene rings is 2. The minimum Gasteiger partial charge on any atom is -0.508 e. The van der Waals surface area contributed by atoms with Gasteiger partial charge < -0.3 is 19.9 Å². The maximum absolute atomic E-state index is 11.9. The van der Waals surface area contributed by atoms with Crippen molar-refractivity contribution in [3.63, 3.8) is 0 Å². The molecule has 0 aliphatic heterocycles. The highest BCUT2D eigenvalue weighted by Gasteiger charge is 2.22. The Kier molecular flexibility index (Phi) is 6.19. The Morgan fingerprint density at radius 3 is 2.33 bits per heavy atom. The van der Waals surface area contributed by atoms with Gasteiger partial charge in [0, 0.05) is 6.42 Å². The van der Waals surface area contributed by atoms with Gasteiger partial charge in [-0.1, -0.05) is 42.5 Å². The largest absolute Gasteiger partial charge is 0.508 e. The quantitative estimate of drug-likeness (QED) is 0.795. The first-order chi connectivity index (χ1) is 11.6. The first-order valence-corrected chi connectivity index (χ1v) is 7.41. The van der Waals surface area contributed by atoms with Crippen molar-refractivity contribution < 1.29 is 24.2 Å². The molecule has 0 radical (unpaired) electrons. The van der Waals surface area contributed by atoms with E-state index in [2.05, 4.69) is 5.32 Å². The van der Waals surface area contributed by atoms with Gasteiger partial charge >= 0.3 is 12.1 Å². The number of esters is 1. The van der Waals surface area contributed by atoms with Gasteiger partial charge in [0.05, 0.1) is 7.11 Å². The molecule has 0 bridgehead atoms. The zero-order valence-electron chi connectivity index (χ0n) is 13.3. The van der Waals surface area contributed by atoms with E-state index >= 15 is 0 Å². The summed E-state index contributed by atoms with van der Waals surface area (Å²) in [6, 6.07) is 14.7. The molecule has 0 unspecified atom stereocenters. The predicted molar refractivity (Wildman–Crippen MR) is 87.4 cm³/mol. The van der Waals surface area contributed by atoms with Crippen LogP contribution in [0.25, 0.3) is 0 Å². The Bertz CT molecular complexity index is 670. The first kappa shape index (κ1) is 17.3. The molecule has 1 amide bonds. The van der Waals surface area contributed by atoms with Gasteiger partial charge in [-0.15, -0.1) is 0 Å². The summed E-state index contributed by atoms with van der Waals surface area (Å²) >= 11 is 0. The monoisotopic (exact) mass is 329 g/mol. The van der Waals surface area contributed by atoms with Crippen LogP contribution < -0.4 is 5.32 Å². The lowest BCUT2D eigenvalue weighted by Crippen LogP contribution is -2.43. The molecule has 0 aliphatic rings. The van der Waals surface area contributed by atoms with Crippen LogP contribution in [-0.4, -0.2) is 30.3 Å². The van der Waals surface area contributed by atoms with E-state index in [-0.39, 0.29) is 18.8 Å². The number of methoxy groups -OCH3 is 1. The van der Waals surface area contributed by atoms with Crippen molar-refractivity contribution in [2.24, 2.45) is 0 Å². The fourth-order valence-corrected chi connectivity index (χ4v) is 2.11. The molecule has 2 rings (SSSR count). The van der Waals surface area contributed by atoms with E-state index in [1.807, 2.05) is 30.3 Å². The molecule has 126 valence electrons. The maximum atomic E-state index is 11.9. The number of hydrogen-bond donors (Lipinski definition) is 2. The average Bonchev–Trinajstić information content (AvgIpc) is 2.61. The molecule has 0 heterocycles. The van der Waals surface area contributed by atoms with Crippen LogP contribution in [0.3, 0.4) is 0 Å².